The van der Waals surface area contributed by atoms with Gasteiger partial charge in [0, 0.05) is 43.7 Å². The topological polar surface area (TPSA) is 53.7 Å². The average Bonchev–Trinajstić information content (AvgIpc) is 3.19. The fourth-order valence-corrected chi connectivity index (χ4v) is 3.89. The summed E-state index contributed by atoms with van der Waals surface area (Å²) in [5.74, 6) is 0.903. The second kappa shape index (κ2) is 9.50. The van der Waals surface area contributed by atoms with Crippen LogP contribution in [0.1, 0.15) is 25.0 Å². The normalized spacial score (nSPS) is 20.8. The van der Waals surface area contributed by atoms with Crippen molar-refractivity contribution in [3.8, 4) is 0 Å². The molecule has 2 atom stereocenters. The van der Waals surface area contributed by atoms with Crippen molar-refractivity contribution in [3.63, 3.8) is 0 Å². The van der Waals surface area contributed by atoms with Crippen molar-refractivity contribution in [1.29, 1.82) is 0 Å². The molecule has 7 heteroatoms. The number of halogens is 1. The third-order valence-corrected chi connectivity index (χ3v) is 5.46. The lowest BCUT2D eigenvalue weighted by atomic mass is 10.2. The van der Waals surface area contributed by atoms with E-state index in [4.69, 9.17) is 0 Å². The zero-order chi connectivity index (χ0) is 16.1. The van der Waals surface area contributed by atoms with Gasteiger partial charge in [0.15, 0.2) is 5.96 Å². The number of aliphatic imine (C=N–C) groups is 1. The van der Waals surface area contributed by atoms with E-state index in [0.29, 0.717) is 6.04 Å². The smallest absolute Gasteiger partial charge is 0.191 e. The van der Waals surface area contributed by atoms with Gasteiger partial charge in [-0.15, -0.1) is 24.0 Å². The third kappa shape index (κ3) is 5.02. The van der Waals surface area contributed by atoms with Gasteiger partial charge in [-0.05, 0) is 37.7 Å². The molecule has 24 heavy (non-hydrogen) atoms. The van der Waals surface area contributed by atoms with E-state index in [2.05, 4.69) is 37.5 Å². The zero-order valence-corrected chi connectivity index (χ0v) is 17.4. The summed E-state index contributed by atoms with van der Waals surface area (Å²) in [7, 11) is 1.83. The molecule has 1 aliphatic carbocycles. The molecule has 5 nitrogen and oxygen atoms in total. The summed E-state index contributed by atoms with van der Waals surface area (Å²) in [5, 5.41) is 7.74. The van der Waals surface area contributed by atoms with E-state index in [-0.39, 0.29) is 24.0 Å². The Labute approximate surface area is 165 Å². The molecule has 2 aromatic heterocycles. The lowest BCUT2D eigenvalue weighted by Gasteiger charge is -2.17. The Morgan fingerprint density at radius 3 is 3.00 bits per heavy atom. The molecule has 2 heterocycles. The lowest BCUT2D eigenvalue weighted by Crippen LogP contribution is -2.43. The predicted molar refractivity (Wildman–Crippen MR) is 114 cm³/mol. The van der Waals surface area contributed by atoms with Crippen LogP contribution < -0.4 is 10.6 Å². The Morgan fingerprint density at radius 1 is 1.42 bits per heavy atom. The van der Waals surface area contributed by atoms with Crippen LogP contribution in [0.5, 0.6) is 0 Å². The van der Waals surface area contributed by atoms with Crippen molar-refractivity contribution in [2.24, 2.45) is 4.99 Å². The first-order chi connectivity index (χ1) is 11.3. The average molecular weight is 459 g/mol. The maximum Gasteiger partial charge on any atom is 0.191 e. The van der Waals surface area contributed by atoms with Crippen LogP contribution in [0, 0.1) is 0 Å². The Morgan fingerprint density at radius 2 is 2.29 bits per heavy atom. The summed E-state index contributed by atoms with van der Waals surface area (Å²) in [6, 6.07) is 6.61. The number of fused-ring (bicyclic) bond motifs is 1. The van der Waals surface area contributed by atoms with Gasteiger partial charge in [0.2, 0.25) is 0 Å². The van der Waals surface area contributed by atoms with E-state index in [9.17, 15) is 0 Å². The van der Waals surface area contributed by atoms with E-state index in [0.717, 1.165) is 35.5 Å². The molecule has 2 aromatic rings. The summed E-state index contributed by atoms with van der Waals surface area (Å²) in [5.41, 5.74) is 2.10. The molecule has 1 saturated carbocycles. The van der Waals surface area contributed by atoms with Crippen LogP contribution >= 0.6 is 35.7 Å². The molecule has 0 radical (unpaired) electrons. The molecule has 1 aliphatic rings. The van der Waals surface area contributed by atoms with Crippen LogP contribution in [0.4, 0.5) is 0 Å². The number of hydrogen-bond donors (Lipinski definition) is 2. The van der Waals surface area contributed by atoms with Gasteiger partial charge in [-0.2, -0.15) is 11.8 Å². The molecule has 0 bridgehead atoms. The standard InChI is InChI=1S/C17H25N5S.HI/c1-18-17(21-13-6-7-15(11-13)23-2)19-9-8-14-12-22-10-4-3-5-16(22)20-14;/h3-5,10,12-13,15H,6-9,11H2,1-2H3,(H2,18,19,21);1H. The summed E-state index contributed by atoms with van der Waals surface area (Å²) in [4.78, 5) is 8.96. The Kier molecular flexibility index (Phi) is 7.67. The Bertz CT molecular complexity index is 639. The molecular weight excluding hydrogens is 433 g/mol. The van der Waals surface area contributed by atoms with Gasteiger partial charge in [-0.25, -0.2) is 4.98 Å². The molecule has 3 rings (SSSR count). The molecule has 0 spiro atoms. The molecule has 0 amide bonds. The molecule has 0 saturated heterocycles. The highest BCUT2D eigenvalue weighted by Crippen LogP contribution is 2.27. The van der Waals surface area contributed by atoms with Crippen molar-refractivity contribution in [3.05, 3.63) is 36.3 Å². The number of nitrogens with one attached hydrogen (secondary N) is 2. The maximum atomic E-state index is 4.62. The van der Waals surface area contributed by atoms with Gasteiger partial charge in [-0.1, -0.05) is 6.07 Å². The SMILES string of the molecule is CN=C(NCCc1cn2ccccc2n1)NC1CCC(SC)C1.I. The summed E-state index contributed by atoms with van der Waals surface area (Å²) in [6.45, 7) is 0.836. The minimum absolute atomic E-state index is 0. The Hall–Kier alpha value is -0.960. The van der Waals surface area contributed by atoms with Gasteiger partial charge in [0.25, 0.3) is 0 Å². The Balaban J connectivity index is 0.00000208. The van der Waals surface area contributed by atoms with E-state index in [1.54, 1.807) is 0 Å². The molecule has 0 aliphatic heterocycles. The van der Waals surface area contributed by atoms with Crippen molar-refractivity contribution in [1.82, 2.24) is 20.0 Å². The molecule has 0 aromatic carbocycles. The molecular formula is C17H26IN5S. The highest BCUT2D eigenvalue weighted by molar-refractivity contribution is 14.0. The zero-order valence-electron chi connectivity index (χ0n) is 14.2. The summed E-state index contributed by atoms with van der Waals surface area (Å²) < 4.78 is 2.06. The monoisotopic (exact) mass is 459 g/mol. The lowest BCUT2D eigenvalue weighted by molar-refractivity contribution is 0.614. The first kappa shape index (κ1) is 19.4. The predicted octanol–water partition coefficient (Wildman–Crippen LogP) is 2.94. The number of thioether (sulfide) groups is 1. The third-order valence-electron chi connectivity index (χ3n) is 4.37. The summed E-state index contributed by atoms with van der Waals surface area (Å²) in [6.07, 6.45) is 11.0. The van der Waals surface area contributed by atoms with E-state index in [1.165, 1.54) is 19.3 Å². The van der Waals surface area contributed by atoms with Crippen LogP contribution in [0.3, 0.4) is 0 Å². The number of rotatable bonds is 5. The highest BCUT2D eigenvalue weighted by Gasteiger charge is 2.24. The number of imidazole rings is 1. The number of hydrogen-bond acceptors (Lipinski definition) is 3. The quantitative estimate of drug-likeness (QED) is 0.410. The number of guanidine groups is 1. The largest absolute Gasteiger partial charge is 0.356 e. The molecule has 132 valence electrons. The van der Waals surface area contributed by atoms with Crippen molar-refractivity contribution < 1.29 is 0 Å². The summed E-state index contributed by atoms with van der Waals surface area (Å²) >= 11 is 1.98. The van der Waals surface area contributed by atoms with Crippen molar-refractivity contribution >= 4 is 47.3 Å². The van der Waals surface area contributed by atoms with Gasteiger partial charge in [0.05, 0.1) is 5.69 Å². The van der Waals surface area contributed by atoms with Crippen LogP contribution in [-0.4, -0.2) is 46.5 Å². The van der Waals surface area contributed by atoms with Crippen LogP contribution in [0.15, 0.2) is 35.6 Å². The van der Waals surface area contributed by atoms with E-state index >= 15 is 0 Å². The van der Waals surface area contributed by atoms with Crippen LogP contribution in [-0.2, 0) is 6.42 Å². The first-order valence-electron chi connectivity index (χ1n) is 8.21. The highest BCUT2D eigenvalue weighted by atomic mass is 127. The maximum absolute atomic E-state index is 4.62. The second-order valence-electron chi connectivity index (χ2n) is 5.96. The van der Waals surface area contributed by atoms with Crippen LogP contribution in [0.2, 0.25) is 0 Å². The molecule has 1 fully saturated rings. The number of aromatic nitrogens is 2. The fourth-order valence-electron chi connectivity index (χ4n) is 3.09. The molecule has 2 unspecified atom stereocenters. The van der Waals surface area contributed by atoms with Crippen LogP contribution in [0.25, 0.3) is 5.65 Å². The van der Waals surface area contributed by atoms with Gasteiger partial charge in [-0.3, -0.25) is 4.99 Å². The second-order valence-corrected chi connectivity index (χ2v) is 7.10. The first-order valence-corrected chi connectivity index (χ1v) is 9.50. The molecule has 2 N–H and O–H groups in total. The van der Waals surface area contributed by atoms with Crippen molar-refractivity contribution in [2.75, 3.05) is 19.8 Å². The fraction of sp³-hybridized carbons (Fsp3) is 0.529. The van der Waals surface area contributed by atoms with E-state index in [1.807, 2.05) is 43.2 Å². The number of pyridine rings is 1. The van der Waals surface area contributed by atoms with E-state index < -0.39 is 0 Å². The van der Waals surface area contributed by atoms with Crippen molar-refractivity contribution in [2.45, 2.75) is 37.0 Å². The number of nitrogens with zero attached hydrogens (tertiary/aromatic N) is 3. The van der Waals surface area contributed by atoms with Gasteiger partial charge < -0.3 is 15.0 Å². The minimum Gasteiger partial charge on any atom is -0.356 e. The minimum atomic E-state index is 0. The van der Waals surface area contributed by atoms with Gasteiger partial charge >= 0.3 is 0 Å². The van der Waals surface area contributed by atoms with Gasteiger partial charge in [0.1, 0.15) is 5.65 Å².